The van der Waals surface area contributed by atoms with Crippen LogP contribution >= 0.6 is 0 Å². The van der Waals surface area contributed by atoms with Gasteiger partial charge in [-0.15, -0.1) is 0 Å². The maximum absolute atomic E-state index is 14.6. The second-order valence-corrected chi connectivity index (χ2v) is 8.04. The van der Waals surface area contributed by atoms with E-state index in [2.05, 4.69) is 10.3 Å². The second-order valence-electron chi connectivity index (χ2n) is 8.04. The Kier molecular flexibility index (Phi) is 4.89. The molecule has 3 amide bonds. The Balaban J connectivity index is 1.28. The van der Waals surface area contributed by atoms with Gasteiger partial charge in [-0.1, -0.05) is 6.07 Å². The summed E-state index contributed by atoms with van der Waals surface area (Å²) in [6, 6.07) is 4.71. The first-order valence-electron chi connectivity index (χ1n) is 9.42. The van der Waals surface area contributed by atoms with E-state index < -0.39 is 6.09 Å². The summed E-state index contributed by atoms with van der Waals surface area (Å²) in [5.41, 5.74) is 1.10. The van der Waals surface area contributed by atoms with Crippen molar-refractivity contribution >= 4 is 17.8 Å². The van der Waals surface area contributed by atoms with Crippen molar-refractivity contribution in [3.63, 3.8) is 0 Å². The zero-order valence-electron chi connectivity index (χ0n) is 16.4. The van der Waals surface area contributed by atoms with E-state index in [9.17, 15) is 14.0 Å². The Morgan fingerprint density at radius 2 is 2.14 bits per heavy atom. The molecule has 1 aliphatic heterocycles. The second kappa shape index (κ2) is 7.38. The Hall–Kier alpha value is -3.10. The van der Waals surface area contributed by atoms with Gasteiger partial charge in [-0.25, -0.2) is 19.0 Å². The predicted molar refractivity (Wildman–Crippen MR) is 102 cm³/mol. The summed E-state index contributed by atoms with van der Waals surface area (Å²) in [6.45, 7) is 1.42. The lowest BCUT2D eigenvalue weighted by molar-refractivity contribution is -0.0529. The van der Waals surface area contributed by atoms with E-state index in [4.69, 9.17) is 9.15 Å². The molecule has 0 unspecified atom stereocenters. The van der Waals surface area contributed by atoms with Crippen molar-refractivity contribution in [2.45, 2.75) is 25.4 Å². The van der Waals surface area contributed by atoms with Crippen LogP contribution in [-0.2, 0) is 11.3 Å². The summed E-state index contributed by atoms with van der Waals surface area (Å²) in [5, 5.41) is 2.50. The van der Waals surface area contributed by atoms with Gasteiger partial charge in [-0.05, 0) is 36.5 Å². The zero-order chi connectivity index (χ0) is 20.6. The number of hydrogen-bond donors (Lipinski definition) is 1. The van der Waals surface area contributed by atoms with Crippen LogP contribution in [0.4, 0.5) is 19.7 Å². The summed E-state index contributed by atoms with van der Waals surface area (Å²) in [7, 11) is 3.48. The van der Waals surface area contributed by atoms with E-state index in [-0.39, 0.29) is 29.8 Å². The van der Waals surface area contributed by atoms with Crippen molar-refractivity contribution in [1.82, 2.24) is 14.8 Å². The number of likely N-dealkylation sites (tertiary alicyclic amines) is 1. The first-order chi connectivity index (χ1) is 13.8. The number of halogens is 1. The van der Waals surface area contributed by atoms with Crippen molar-refractivity contribution < 1.29 is 23.1 Å². The monoisotopic (exact) mass is 402 g/mol. The number of ether oxygens (including phenoxy) is 1. The molecule has 154 valence electrons. The molecule has 1 saturated carbocycles. The molecule has 29 heavy (non-hydrogen) atoms. The largest absolute Gasteiger partial charge is 0.445 e. The number of carbonyl (C=O) groups is 2. The number of carbonyl (C=O) groups excluding carboxylic acids is 2. The van der Waals surface area contributed by atoms with Gasteiger partial charge in [0.2, 0.25) is 0 Å². The average Bonchev–Trinajstić information content (AvgIpc) is 3.12. The molecule has 2 heterocycles. The molecule has 1 saturated heterocycles. The lowest BCUT2D eigenvalue weighted by atomic mass is 9.56. The van der Waals surface area contributed by atoms with Gasteiger partial charge in [0.05, 0.1) is 6.20 Å². The van der Waals surface area contributed by atoms with Gasteiger partial charge in [0.1, 0.15) is 5.82 Å². The molecule has 1 N–H and O–H groups in total. The molecule has 1 spiro atoms. The van der Waals surface area contributed by atoms with Crippen LogP contribution in [0.25, 0.3) is 0 Å². The van der Waals surface area contributed by atoms with E-state index in [0.717, 1.165) is 25.9 Å². The fourth-order valence-corrected chi connectivity index (χ4v) is 4.19. The van der Waals surface area contributed by atoms with Crippen LogP contribution in [0.5, 0.6) is 0 Å². The van der Waals surface area contributed by atoms with Gasteiger partial charge in [0, 0.05) is 38.3 Å². The topological polar surface area (TPSA) is 87.9 Å². The number of hydrogen-bond acceptors (Lipinski definition) is 5. The normalized spacial score (nSPS) is 17.4. The molecular formula is C20H23FN4O4. The Labute approximate surface area is 167 Å². The number of anilines is 1. The van der Waals surface area contributed by atoms with Gasteiger partial charge in [-0.2, -0.15) is 0 Å². The molecule has 1 aliphatic carbocycles. The highest BCUT2D eigenvalue weighted by molar-refractivity contribution is 5.84. The van der Waals surface area contributed by atoms with Crippen LogP contribution in [0, 0.1) is 11.2 Å². The molecule has 2 aliphatic rings. The van der Waals surface area contributed by atoms with E-state index in [1.54, 1.807) is 31.1 Å². The van der Waals surface area contributed by atoms with Crippen LogP contribution in [0.2, 0.25) is 0 Å². The molecule has 9 heteroatoms. The van der Waals surface area contributed by atoms with Gasteiger partial charge in [0.25, 0.3) is 0 Å². The third-order valence-corrected chi connectivity index (χ3v) is 5.58. The van der Waals surface area contributed by atoms with Crippen LogP contribution in [0.1, 0.15) is 30.1 Å². The highest BCUT2D eigenvalue weighted by Crippen LogP contribution is 2.56. The summed E-state index contributed by atoms with van der Waals surface area (Å²) < 4.78 is 24.5. The van der Waals surface area contributed by atoms with Gasteiger partial charge < -0.3 is 19.0 Å². The van der Waals surface area contributed by atoms with Crippen LogP contribution in [0.15, 0.2) is 35.2 Å². The highest BCUT2D eigenvalue weighted by atomic mass is 19.1. The quantitative estimate of drug-likeness (QED) is 0.847. The fraction of sp³-hybridized carbons (Fsp3) is 0.450. The number of rotatable bonds is 4. The molecular weight excluding hydrogens is 379 g/mol. The minimum absolute atomic E-state index is 0.0240. The highest BCUT2D eigenvalue weighted by Gasteiger charge is 2.54. The lowest BCUT2D eigenvalue weighted by Crippen LogP contribution is -2.64. The molecule has 2 aromatic rings. The van der Waals surface area contributed by atoms with E-state index in [0.29, 0.717) is 17.0 Å². The number of benzene rings is 1. The maximum atomic E-state index is 14.6. The number of oxazole rings is 1. The number of urea groups is 1. The molecule has 0 radical (unpaired) electrons. The van der Waals surface area contributed by atoms with Gasteiger partial charge in [-0.3, -0.25) is 5.32 Å². The SMILES string of the molecule is CN(C)C(=O)N1CC2(CC(c3ccc(NC(=O)OCc4cnco4)cc3F)C2)C1. The predicted octanol–water partition coefficient (Wildman–Crippen LogP) is 3.42. The molecule has 1 aromatic carbocycles. The van der Waals surface area contributed by atoms with Crippen molar-refractivity contribution in [1.29, 1.82) is 0 Å². The summed E-state index contributed by atoms with van der Waals surface area (Å²) in [4.78, 5) is 30.9. The molecule has 4 rings (SSSR count). The summed E-state index contributed by atoms with van der Waals surface area (Å²) in [6.07, 6.45) is 3.73. The first-order valence-corrected chi connectivity index (χ1v) is 9.42. The van der Waals surface area contributed by atoms with Crippen molar-refractivity contribution in [2.75, 3.05) is 32.5 Å². The van der Waals surface area contributed by atoms with E-state index >= 15 is 0 Å². The maximum Gasteiger partial charge on any atom is 0.412 e. The summed E-state index contributed by atoms with van der Waals surface area (Å²) >= 11 is 0. The molecule has 8 nitrogen and oxygen atoms in total. The number of amides is 3. The minimum Gasteiger partial charge on any atom is -0.445 e. The third kappa shape index (κ3) is 3.90. The Morgan fingerprint density at radius 3 is 2.76 bits per heavy atom. The van der Waals surface area contributed by atoms with Gasteiger partial charge in [0.15, 0.2) is 18.8 Å². The smallest absolute Gasteiger partial charge is 0.412 e. The minimum atomic E-state index is -0.698. The number of aromatic nitrogens is 1. The molecule has 0 atom stereocenters. The Bertz CT molecular complexity index is 901. The summed E-state index contributed by atoms with van der Waals surface area (Å²) in [5.74, 6) is 0.208. The van der Waals surface area contributed by atoms with Crippen molar-refractivity contribution in [2.24, 2.45) is 5.41 Å². The van der Waals surface area contributed by atoms with Crippen LogP contribution in [0.3, 0.4) is 0 Å². The standard InChI is InChI=1S/C20H23FN4O4/c1-24(2)19(27)25-10-20(11-25)6-13(7-20)16-4-3-14(5-17(16)21)23-18(26)28-9-15-8-22-12-29-15/h3-5,8,12-13H,6-7,9-11H2,1-2H3,(H,23,26). The fourth-order valence-electron chi connectivity index (χ4n) is 4.19. The molecule has 1 aromatic heterocycles. The van der Waals surface area contributed by atoms with Crippen molar-refractivity contribution in [3.8, 4) is 0 Å². The molecule has 2 fully saturated rings. The van der Waals surface area contributed by atoms with Crippen LogP contribution in [-0.4, -0.2) is 54.1 Å². The Morgan fingerprint density at radius 1 is 1.38 bits per heavy atom. The van der Waals surface area contributed by atoms with Gasteiger partial charge >= 0.3 is 12.1 Å². The third-order valence-electron chi connectivity index (χ3n) is 5.58. The first kappa shape index (κ1) is 19.2. The van der Waals surface area contributed by atoms with E-state index in [1.807, 2.05) is 4.90 Å². The molecule has 0 bridgehead atoms. The van der Waals surface area contributed by atoms with Crippen LogP contribution < -0.4 is 5.32 Å². The lowest BCUT2D eigenvalue weighted by Gasteiger charge is -2.59. The van der Waals surface area contributed by atoms with Crippen molar-refractivity contribution in [3.05, 3.63) is 47.9 Å². The number of nitrogens with one attached hydrogen (secondary N) is 1. The number of nitrogens with zero attached hydrogens (tertiary/aromatic N) is 3. The zero-order valence-corrected chi connectivity index (χ0v) is 16.4. The average molecular weight is 402 g/mol. The van der Waals surface area contributed by atoms with E-state index in [1.165, 1.54) is 18.7 Å².